The van der Waals surface area contributed by atoms with Gasteiger partial charge in [0.05, 0.1) is 24.9 Å². The van der Waals surface area contributed by atoms with Crippen molar-refractivity contribution in [2.24, 2.45) is 5.92 Å². The lowest BCUT2D eigenvalue weighted by atomic mass is 9.95. The Labute approximate surface area is 111 Å². The number of hydrogen-bond donors (Lipinski definition) is 2. The van der Waals surface area contributed by atoms with Crippen molar-refractivity contribution < 1.29 is 14.6 Å². The molecule has 2 N–H and O–H groups in total. The third kappa shape index (κ3) is 6.69. The van der Waals surface area contributed by atoms with Gasteiger partial charge in [-0.1, -0.05) is 13.8 Å². The molecule has 18 heavy (non-hydrogen) atoms. The van der Waals surface area contributed by atoms with E-state index in [2.05, 4.69) is 19.2 Å². The first-order valence-corrected chi connectivity index (χ1v) is 7.15. The summed E-state index contributed by atoms with van der Waals surface area (Å²) >= 11 is 0. The molecule has 0 saturated heterocycles. The summed E-state index contributed by atoms with van der Waals surface area (Å²) < 4.78 is 11.1. The number of aliphatic hydroxyl groups excluding tert-OH is 1. The largest absolute Gasteiger partial charge is 0.389 e. The van der Waals surface area contributed by atoms with Crippen LogP contribution in [0.5, 0.6) is 0 Å². The van der Waals surface area contributed by atoms with Crippen LogP contribution in [-0.4, -0.2) is 50.2 Å². The van der Waals surface area contributed by atoms with Crippen molar-refractivity contribution in [3.8, 4) is 0 Å². The van der Waals surface area contributed by atoms with Gasteiger partial charge >= 0.3 is 0 Å². The molecule has 3 atom stereocenters. The van der Waals surface area contributed by atoms with Gasteiger partial charge in [-0.05, 0) is 38.1 Å². The summed E-state index contributed by atoms with van der Waals surface area (Å²) in [5, 5.41) is 13.0. The van der Waals surface area contributed by atoms with Gasteiger partial charge in [0.2, 0.25) is 0 Å². The van der Waals surface area contributed by atoms with Gasteiger partial charge in [0.25, 0.3) is 0 Å². The van der Waals surface area contributed by atoms with Crippen molar-refractivity contribution in [1.82, 2.24) is 5.32 Å². The molecule has 0 aromatic rings. The number of aliphatic hydroxyl groups is 1. The zero-order valence-corrected chi connectivity index (χ0v) is 12.0. The number of hydrogen-bond acceptors (Lipinski definition) is 4. The van der Waals surface area contributed by atoms with Crippen LogP contribution in [0, 0.1) is 5.92 Å². The zero-order chi connectivity index (χ0) is 13.4. The average molecular weight is 259 g/mol. The monoisotopic (exact) mass is 259 g/mol. The minimum Gasteiger partial charge on any atom is -0.389 e. The predicted molar refractivity (Wildman–Crippen MR) is 72.7 cm³/mol. The van der Waals surface area contributed by atoms with E-state index in [4.69, 9.17) is 9.47 Å². The van der Waals surface area contributed by atoms with Crippen LogP contribution < -0.4 is 5.32 Å². The summed E-state index contributed by atoms with van der Waals surface area (Å²) in [7, 11) is 1.76. The molecule has 0 aromatic carbocycles. The highest BCUT2D eigenvalue weighted by Crippen LogP contribution is 2.23. The van der Waals surface area contributed by atoms with Crippen molar-refractivity contribution in [1.29, 1.82) is 0 Å². The van der Waals surface area contributed by atoms with Gasteiger partial charge in [0.1, 0.15) is 0 Å². The summed E-state index contributed by atoms with van der Waals surface area (Å²) in [5.41, 5.74) is 0. The molecule has 0 amide bonds. The van der Waals surface area contributed by atoms with E-state index in [1.165, 1.54) is 0 Å². The van der Waals surface area contributed by atoms with Crippen LogP contribution in [0.3, 0.4) is 0 Å². The molecule has 1 saturated carbocycles. The van der Waals surface area contributed by atoms with Crippen molar-refractivity contribution in [2.45, 2.75) is 57.8 Å². The fourth-order valence-electron chi connectivity index (χ4n) is 2.31. The lowest BCUT2D eigenvalue weighted by molar-refractivity contribution is -0.0557. The van der Waals surface area contributed by atoms with E-state index in [1.54, 1.807) is 7.11 Å². The Morgan fingerprint density at radius 2 is 1.94 bits per heavy atom. The van der Waals surface area contributed by atoms with E-state index < -0.39 is 6.10 Å². The number of methoxy groups -OCH3 is 1. The van der Waals surface area contributed by atoms with Gasteiger partial charge in [-0.25, -0.2) is 0 Å². The molecule has 4 nitrogen and oxygen atoms in total. The third-order valence-corrected chi connectivity index (χ3v) is 3.37. The van der Waals surface area contributed by atoms with Crippen molar-refractivity contribution >= 4 is 0 Å². The molecule has 0 aliphatic heterocycles. The summed E-state index contributed by atoms with van der Waals surface area (Å²) in [6.07, 6.45) is 4.52. The van der Waals surface area contributed by atoms with Gasteiger partial charge in [-0.2, -0.15) is 0 Å². The van der Waals surface area contributed by atoms with E-state index in [-0.39, 0.29) is 6.10 Å². The Kier molecular flexibility index (Phi) is 7.82. The average Bonchev–Trinajstić information content (AvgIpc) is 2.36. The fraction of sp³-hybridized carbons (Fsp3) is 1.00. The Morgan fingerprint density at radius 1 is 1.22 bits per heavy atom. The van der Waals surface area contributed by atoms with E-state index in [1.807, 2.05) is 0 Å². The Bertz CT molecular complexity index is 211. The van der Waals surface area contributed by atoms with Crippen LogP contribution in [0.1, 0.15) is 39.5 Å². The molecule has 0 spiro atoms. The van der Waals surface area contributed by atoms with E-state index in [0.29, 0.717) is 25.2 Å². The molecular formula is C14H29NO3. The second-order valence-electron chi connectivity index (χ2n) is 5.69. The third-order valence-electron chi connectivity index (χ3n) is 3.37. The molecule has 0 radical (unpaired) electrons. The Hall–Kier alpha value is -0.160. The first-order chi connectivity index (χ1) is 8.61. The summed E-state index contributed by atoms with van der Waals surface area (Å²) in [6, 6.07) is 0. The molecule has 3 unspecified atom stereocenters. The highest BCUT2D eigenvalue weighted by Gasteiger charge is 2.22. The molecule has 0 bridgehead atoms. The molecule has 1 fully saturated rings. The molecule has 0 heterocycles. The number of nitrogens with one attached hydrogen (secondary N) is 1. The van der Waals surface area contributed by atoms with Crippen molar-refractivity contribution in [3.63, 3.8) is 0 Å². The maximum absolute atomic E-state index is 9.80. The second kappa shape index (κ2) is 8.86. The van der Waals surface area contributed by atoms with Crippen molar-refractivity contribution in [2.75, 3.05) is 26.8 Å². The predicted octanol–water partition coefficient (Wildman–Crippen LogP) is 1.57. The second-order valence-corrected chi connectivity index (χ2v) is 5.69. The molecule has 1 aliphatic rings. The number of rotatable bonds is 8. The van der Waals surface area contributed by atoms with E-state index >= 15 is 0 Å². The highest BCUT2D eigenvalue weighted by atomic mass is 16.5. The first kappa shape index (κ1) is 15.9. The molecule has 0 aromatic heterocycles. The van der Waals surface area contributed by atoms with Crippen LogP contribution in [0.15, 0.2) is 0 Å². The van der Waals surface area contributed by atoms with E-state index in [9.17, 15) is 5.11 Å². The standard InChI is InChI=1S/C14H29NO3/c1-11(2)8-15-9-12(16)10-18-14-6-4-5-13(7-14)17-3/h11-16H,4-10H2,1-3H3. The molecule has 4 heteroatoms. The zero-order valence-electron chi connectivity index (χ0n) is 12.0. The van der Waals surface area contributed by atoms with Gasteiger partial charge in [-0.3, -0.25) is 0 Å². The minimum atomic E-state index is -0.410. The maximum atomic E-state index is 9.80. The van der Waals surface area contributed by atoms with Crippen LogP contribution in [0.4, 0.5) is 0 Å². The summed E-state index contributed by atoms with van der Waals surface area (Å²) in [4.78, 5) is 0. The molecule has 1 aliphatic carbocycles. The van der Waals surface area contributed by atoms with Gasteiger partial charge in [0, 0.05) is 13.7 Å². The van der Waals surface area contributed by atoms with Crippen LogP contribution in [-0.2, 0) is 9.47 Å². The SMILES string of the molecule is COC1CCCC(OCC(O)CNCC(C)C)C1. The van der Waals surface area contributed by atoms with E-state index in [0.717, 1.165) is 32.2 Å². The van der Waals surface area contributed by atoms with Crippen LogP contribution in [0.25, 0.3) is 0 Å². The minimum absolute atomic E-state index is 0.253. The smallest absolute Gasteiger partial charge is 0.0897 e. The summed E-state index contributed by atoms with van der Waals surface area (Å²) in [5.74, 6) is 0.610. The molecule has 108 valence electrons. The highest BCUT2D eigenvalue weighted by molar-refractivity contribution is 4.74. The molecule has 1 rings (SSSR count). The quantitative estimate of drug-likeness (QED) is 0.695. The van der Waals surface area contributed by atoms with Gasteiger partial charge in [-0.15, -0.1) is 0 Å². The topological polar surface area (TPSA) is 50.7 Å². The lowest BCUT2D eigenvalue weighted by Crippen LogP contribution is -2.35. The summed E-state index contributed by atoms with van der Waals surface area (Å²) in [6.45, 7) is 6.28. The Morgan fingerprint density at radius 3 is 2.61 bits per heavy atom. The fourth-order valence-corrected chi connectivity index (χ4v) is 2.31. The van der Waals surface area contributed by atoms with Gasteiger partial charge in [0.15, 0.2) is 0 Å². The normalized spacial score (nSPS) is 26.5. The Balaban J connectivity index is 2.08. The maximum Gasteiger partial charge on any atom is 0.0897 e. The first-order valence-electron chi connectivity index (χ1n) is 7.15. The van der Waals surface area contributed by atoms with Crippen LogP contribution >= 0.6 is 0 Å². The van der Waals surface area contributed by atoms with Crippen molar-refractivity contribution in [3.05, 3.63) is 0 Å². The number of ether oxygens (including phenoxy) is 2. The molecular weight excluding hydrogens is 230 g/mol. The lowest BCUT2D eigenvalue weighted by Gasteiger charge is -2.29. The van der Waals surface area contributed by atoms with Crippen LogP contribution in [0.2, 0.25) is 0 Å². The van der Waals surface area contributed by atoms with Gasteiger partial charge < -0.3 is 19.9 Å².